The van der Waals surface area contributed by atoms with Crippen LogP contribution in [0.15, 0.2) is 53.4 Å². The molecule has 3 atom stereocenters. The molecule has 1 aliphatic heterocycles. The molecule has 1 aliphatic carbocycles. The topological polar surface area (TPSA) is 90.0 Å². The number of nitrogens with zero attached hydrogens (tertiary/aromatic N) is 1. The SMILES string of the molecule is CC(C)[C@@H]1CC[C@@H](C)C[C@@H]1OC(=O)COC(=O)c1cccc(S(=O)(=O)N2CCc3ccccc3C2)c1. The summed E-state index contributed by atoms with van der Waals surface area (Å²) < 4.78 is 38.8. The number of benzene rings is 2. The Kier molecular flexibility index (Phi) is 8.15. The van der Waals surface area contributed by atoms with Crippen molar-refractivity contribution in [3.05, 3.63) is 65.2 Å². The summed E-state index contributed by atoms with van der Waals surface area (Å²) in [7, 11) is -3.80. The van der Waals surface area contributed by atoms with E-state index in [4.69, 9.17) is 9.47 Å². The monoisotopic (exact) mass is 513 g/mol. The Morgan fingerprint density at radius 2 is 1.81 bits per heavy atom. The lowest BCUT2D eigenvalue weighted by Gasteiger charge is -2.36. The molecule has 0 spiro atoms. The Morgan fingerprint density at radius 3 is 2.56 bits per heavy atom. The average Bonchev–Trinajstić information content (AvgIpc) is 2.87. The zero-order valence-corrected chi connectivity index (χ0v) is 22.0. The van der Waals surface area contributed by atoms with Crippen molar-refractivity contribution in [3.8, 4) is 0 Å². The number of fused-ring (bicyclic) bond motifs is 1. The lowest BCUT2D eigenvalue weighted by Crippen LogP contribution is -2.36. The van der Waals surface area contributed by atoms with Crippen LogP contribution in [0.1, 0.15) is 61.5 Å². The van der Waals surface area contributed by atoms with Gasteiger partial charge in [0.05, 0.1) is 10.5 Å². The Bertz CT molecular complexity index is 1210. The zero-order chi connectivity index (χ0) is 25.9. The molecular formula is C28H35NO6S. The van der Waals surface area contributed by atoms with E-state index in [0.717, 1.165) is 30.4 Å². The van der Waals surface area contributed by atoms with Crippen molar-refractivity contribution in [2.75, 3.05) is 13.2 Å². The van der Waals surface area contributed by atoms with Crippen LogP contribution in [0.25, 0.3) is 0 Å². The van der Waals surface area contributed by atoms with Crippen LogP contribution in [0.4, 0.5) is 0 Å². The molecule has 2 aromatic carbocycles. The summed E-state index contributed by atoms with van der Waals surface area (Å²) in [5.41, 5.74) is 2.21. The number of rotatable bonds is 7. The molecule has 36 heavy (non-hydrogen) atoms. The van der Waals surface area contributed by atoms with E-state index in [1.165, 1.54) is 28.6 Å². The van der Waals surface area contributed by atoms with E-state index in [1.54, 1.807) is 0 Å². The quantitative estimate of drug-likeness (QED) is 0.503. The van der Waals surface area contributed by atoms with Gasteiger partial charge in [-0.1, -0.05) is 57.5 Å². The highest BCUT2D eigenvalue weighted by atomic mass is 32.2. The minimum absolute atomic E-state index is 0.0230. The number of carbonyl (C=O) groups excluding carboxylic acids is 2. The van der Waals surface area contributed by atoms with Crippen LogP contribution in [0.3, 0.4) is 0 Å². The number of hydrogen-bond donors (Lipinski definition) is 0. The fourth-order valence-corrected chi connectivity index (χ4v) is 6.73. The number of carbonyl (C=O) groups is 2. The molecule has 1 fully saturated rings. The highest BCUT2D eigenvalue weighted by Crippen LogP contribution is 2.35. The highest BCUT2D eigenvalue weighted by molar-refractivity contribution is 7.89. The lowest BCUT2D eigenvalue weighted by atomic mass is 9.75. The van der Waals surface area contributed by atoms with Gasteiger partial charge in [-0.25, -0.2) is 18.0 Å². The molecule has 0 N–H and O–H groups in total. The number of ether oxygens (including phenoxy) is 2. The van der Waals surface area contributed by atoms with Gasteiger partial charge in [0.1, 0.15) is 6.10 Å². The van der Waals surface area contributed by atoms with Gasteiger partial charge in [0, 0.05) is 13.1 Å². The van der Waals surface area contributed by atoms with Gasteiger partial charge in [-0.05, 0) is 66.3 Å². The fourth-order valence-electron chi connectivity index (χ4n) is 5.27. The van der Waals surface area contributed by atoms with Crippen molar-refractivity contribution in [3.63, 3.8) is 0 Å². The minimum Gasteiger partial charge on any atom is -0.460 e. The molecule has 2 aromatic rings. The molecule has 7 nitrogen and oxygen atoms in total. The summed E-state index contributed by atoms with van der Waals surface area (Å²) in [5.74, 6) is -0.159. The van der Waals surface area contributed by atoms with Crippen LogP contribution in [0.5, 0.6) is 0 Å². The number of esters is 2. The fraction of sp³-hybridized carbons (Fsp3) is 0.500. The first kappa shape index (κ1) is 26.4. The van der Waals surface area contributed by atoms with Gasteiger partial charge < -0.3 is 9.47 Å². The third kappa shape index (κ3) is 5.98. The minimum atomic E-state index is -3.80. The van der Waals surface area contributed by atoms with Crippen LogP contribution in [0, 0.1) is 17.8 Å². The third-order valence-corrected chi connectivity index (χ3v) is 9.21. The molecule has 0 aromatic heterocycles. The van der Waals surface area contributed by atoms with Crippen molar-refractivity contribution < 1.29 is 27.5 Å². The molecule has 2 aliphatic rings. The molecule has 0 amide bonds. The molecule has 0 saturated heterocycles. The van der Waals surface area contributed by atoms with Crippen molar-refractivity contribution in [2.45, 2.75) is 64.0 Å². The Labute approximate surface area is 213 Å². The standard InChI is InChI=1S/C28H35NO6S/c1-19(2)25-12-11-20(3)15-26(25)35-27(30)18-34-28(31)22-9-6-10-24(16-22)36(32,33)29-14-13-21-7-4-5-8-23(21)17-29/h4-10,16,19-20,25-26H,11-15,17-18H2,1-3H3/t20-,25+,26+/m1/s1. The second-order valence-corrected chi connectivity index (χ2v) is 12.3. The Morgan fingerprint density at radius 1 is 1.06 bits per heavy atom. The van der Waals surface area contributed by atoms with E-state index < -0.39 is 28.6 Å². The number of hydrogen-bond acceptors (Lipinski definition) is 6. The van der Waals surface area contributed by atoms with Gasteiger partial charge in [-0.2, -0.15) is 4.31 Å². The molecule has 8 heteroatoms. The summed E-state index contributed by atoms with van der Waals surface area (Å²) in [6.07, 6.45) is 3.40. The van der Waals surface area contributed by atoms with E-state index >= 15 is 0 Å². The number of sulfonamides is 1. The normalized spacial score (nSPS) is 22.6. The third-order valence-electron chi connectivity index (χ3n) is 7.37. The summed E-state index contributed by atoms with van der Waals surface area (Å²) in [5, 5.41) is 0. The van der Waals surface area contributed by atoms with Gasteiger partial charge in [0.25, 0.3) is 0 Å². The highest BCUT2D eigenvalue weighted by Gasteiger charge is 2.34. The molecule has 1 saturated carbocycles. The summed E-state index contributed by atoms with van der Waals surface area (Å²) >= 11 is 0. The first-order chi connectivity index (χ1) is 17.1. The predicted molar refractivity (Wildman–Crippen MR) is 136 cm³/mol. The maximum absolute atomic E-state index is 13.3. The van der Waals surface area contributed by atoms with Gasteiger partial charge in [0.15, 0.2) is 6.61 Å². The largest absolute Gasteiger partial charge is 0.460 e. The Hall–Kier alpha value is -2.71. The lowest BCUT2D eigenvalue weighted by molar-refractivity contribution is -0.159. The maximum atomic E-state index is 13.3. The van der Waals surface area contributed by atoms with E-state index in [1.807, 2.05) is 24.3 Å². The Balaban J connectivity index is 1.38. The van der Waals surface area contributed by atoms with Gasteiger partial charge >= 0.3 is 11.9 Å². The summed E-state index contributed by atoms with van der Waals surface area (Å²) in [6, 6.07) is 13.6. The van der Waals surface area contributed by atoms with Crippen LogP contribution < -0.4 is 0 Å². The first-order valence-corrected chi connectivity index (χ1v) is 14.1. The van der Waals surface area contributed by atoms with E-state index in [0.29, 0.717) is 30.7 Å². The van der Waals surface area contributed by atoms with Gasteiger partial charge in [-0.15, -0.1) is 0 Å². The van der Waals surface area contributed by atoms with E-state index in [9.17, 15) is 18.0 Å². The molecule has 0 unspecified atom stereocenters. The summed E-state index contributed by atoms with van der Waals surface area (Å²) in [4.78, 5) is 25.1. The van der Waals surface area contributed by atoms with Crippen molar-refractivity contribution in [1.82, 2.24) is 4.31 Å². The summed E-state index contributed by atoms with van der Waals surface area (Å²) in [6.45, 7) is 6.57. The zero-order valence-electron chi connectivity index (χ0n) is 21.2. The smallest absolute Gasteiger partial charge is 0.344 e. The molecular weight excluding hydrogens is 478 g/mol. The molecule has 1 heterocycles. The second kappa shape index (κ2) is 11.1. The predicted octanol–water partition coefficient (Wildman–Crippen LogP) is 4.59. The van der Waals surface area contributed by atoms with E-state index in [-0.39, 0.29) is 23.1 Å². The molecule has 0 radical (unpaired) electrons. The van der Waals surface area contributed by atoms with Crippen molar-refractivity contribution in [2.24, 2.45) is 17.8 Å². The van der Waals surface area contributed by atoms with E-state index in [2.05, 4.69) is 20.8 Å². The van der Waals surface area contributed by atoms with Gasteiger partial charge in [0.2, 0.25) is 10.0 Å². The van der Waals surface area contributed by atoms with Crippen LogP contribution in [0.2, 0.25) is 0 Å². The van der Waals surface area contributed by atoms with Crippen LogP contribution in [-0.2, 0) is 37.3 Å². The molecule has 194 valence electrons. The first-order valence-electron chi connectivity index (χ1n) is 12.7. The van der Waals surface area contributed by atoms with Crippen molar-refractivity contribution in [1.29, 1.82) is 0 Å². The maximum Gasteiger partial charge on any atom is 0.344 e. The van der Waals surface area contributed by atoms with Crippen LogP contribution >= 0.6 is 0 Å². The molecule has 0 bridgehead atoms. The average molecular weight is 514 g/mol. The van der Waals surface area contributed by atoms with Gasteiger partial charge in [-0.3, -0.25) is 0 Å². The molecule has 4 rings (SSSR count). The second-order valence-electron chi connectivity index (χ2n) is 10.3. The van der Waals surface area contributed by atoms with Crippen molar-refractivity contribution >= 4 is 22.0 Å². The van der Waals surface area contributed by atoms with Crippen LogP contribution in [-0.4, -0.2) is 43.9 Å².